The first kappa shape index (κ1) is 20.1. The molecule has 0 spiro atoms. The molecule has 0 aliphatic heterocycles. The maximum atomic E-state index is 12.6. The summed E-state index contributed by atoms with van der Waals surface area (Å²) in [5.41, 5.74) is 3.27. The maximum absolute atomic E-state index is 12.6. The van der Waals surface area contributed by atoms with Crippen molar-refractivity contribution in [2.24, 2.45) is 0 Å². The number of thioether (sulfide) groups is 1. The number of nitrogens with zero attached hydrogens (tertiary/aromatic N) is 3. The van der Waals surface area contributed by atoms with E-state index in [1.165, 1.54) is 11.8 Å². The van der Waals surface area contributed by atoms with Gasteiger partial charge in [-0.15, -0.1) is 0 Å². The molecular formula is C21H24N4O2S. The minimum absolute atomic E-state index is 0.126. The number of amides is 1. The van der Waals surface area contributed by atoms with E-state index in [-0.39, 0.29) is 17.2 Å². The molecule has 0 aliphatic rings. The number of rotatable bonds is 6. The van der Waals surface area contributed by atoms with Crippen molar-refractivity contribution < 1.29 is 4.79 Å². The van der Waals surface area contributed by atoms with Crippen LogP contribution in [0.15, 0.2) is 46.5 Å². The molecule has 0 bridgehead atoms. The van der Waals surface area contributed by atoms with Gasteiger partial charge in [-0.05, 0) is 43.0 Å². The summed E-state index contributed by atoms with van der Waals surface area (Å²) in [7, 11) is 0. The number of hydrogen-bond donors (Lipinski definition) is 1. The number of carbonyl (C=O) groups is 1. The molecule has 0 radical (unpaired) electrons. The summed E-state index contributed by atoms with van der Waals surface area (Å²) in [4.78, 5) is 33.9. The monoisotopic (exact) mass is 396 g/mol. The van der Waals surface area contributed by atoms with Crippen LogP contribution in [0.25, 0.3) is 11.0 Å². The molecule has 6 nitrogen and oxygen atoms in total. The van der Waals surface area contributed by atoms with Gasteiger partial charge >= 0.3 is 0 Å². The highest BCUT2D eigenvalue weighted by Gasteiger charge is 2.15. The number of para-hydroxylation sites is 1. The van der Waals surface area contributed by atoms with Gasteiger partial charge in [-0.1, -0.05) is 43.8 Å². The Morgan fingerprint density at radius 2 is 2.04 bits per heavy atom. The third-order valence-electron chi connectivity index (χ3n) is 4.53. The first-order valence-corrected chi connectivity index (χ1v) is 10.3. The molecule has 1 N–H and O–H groups in total. The molecule has 3 rings (SSSR count). The summed E-state index contributed by atoms with van der Waals surface area (Å²) in [6, 6.07) is 9.46. The second kappa shape index (κ2) is 8.56. The van der Waals surface area contributed by atoms with Crippen LogP contribution in [0.3, 0.4) is 0 Å². The number of aryl methyl sites for hydroxylation is 1. The lowest BCUT2D eigenvalue weighted by atomic mass is 9.98. The van der Waals surface area contributed by atoms with Crippen LogP contribution < -0.4 is 10.9 Å². The van der Waals surface area contributed by atoms with Crippen molar-refractivity contribution >= 4 is 34.4 Å². The van der Waals surface area contributed by atoms with Crippen molar-refractivity contribution in [1.82, 2.24) is 14.5 Å². The highest BCUT2D eigenvalue weighted by Crippen LogP contribution is 2.28. The van der Waals surface area contributed by atoms with Gasteiger partial charge in [-0.25, -0.2) is 9.97 Å². The number of hydrogen-bond acceptors (Lipinski definition) is 5. The zero-order valence-corrected chi connectivity index (χ0v) is 17.3. The summed E-state index contributed by atoms with van der Waals surface area (Å²) in [5, 5.41) is 4.02. The van der Waals surface area contributed by atoms with Crippen molar-refractivity contribution in [2.75, 3.05) is 11.1 Å². The molecule has 0 saturated heterocycles. The van der Waals surface area contributed by atoms with Crippen molar-refractivity contribution in [3.8, 4) is 0 Å². The molecule has 0 aliphatic carbocycles. The van der Waals surface area contributed by atoms with Gasteiger partial charge in [-0.2, -0.15) is 0 Å². The van der Waals surface area contributed by atoms with Gasteiger partial charge < -0.3 is 5.32 Å². The van der Waals surface area contributed by atoms with Crippen molar-refractivity contribution in [3.05, 3.63) is 58.0 Å². The van der Waals surface area contributed by atoms with Crippen LogP contribution in [-0.4, -0.2) is 26.2 Å². The highest BCUT2D eigenvalue weighted by molar-refractivity contribution is 7.99. The van der Waals surface area contributed by atoms with E-state index in [4.69, 9.17) is 0 Å². The Kier molecular flexibility index (Phi) is 6.14. The smallest absolute Gasteiger partial charge is 0.263 e. The summed E-state index contributed by atoms with van der Waals surface area (Å²) < 4.78 is 1.58. The van der Waals surface area contributed by atoms with Gasteiger partial charge in [0.1, 0.15) is 0 Å². The number of benzene rings is 1. The molecule has 1 aromatic carbocycles. The topological polar surface area (TPSA) is 76.9 Å². The van der Waals surface area contributed by atoms with E-state index >= 15 is 0 Å². The van der Waals surface area contributed by atoms with E-state index in [9.17, 15) is 9.59 Å². The molecule has 146 valence electrons. The molecule has 2 aromatic heterocycles. The zero-order valence-electron chi connectivity index (χ0n) is 16.5. The number of fused-ring (bicyclic) bond motifs is 1. The third kappa shape index (κ3) is 4.09. The first-order chi connectivity index (χ1) is 13.4. The maximum Gasteiger partial charge on any atom is 0.263 e. The fraction of sp³-hybridized carbons (Fsp3) is 0.333. The summed E-state index contributed by atoms with van der Waals surface area (Å²) in [6.07, 6.45) is 1.61. The van der Waals surface area contributed by atoms with Crippen LogP contribution in [0.4, 0.5) is 5.69 Å². The normalized spacial score (nSPS) is 11.2. The van der Waals surface area contributed by atoms with Gasteiger partial charge in [0.15, 0.2) is 10.8 Å². The average Bonchev–Trinajstić information content (AvgIpc) is 2.68. The van der Waals surface area contributed by atoms with Crippen LogP contribution >= 0.6 is 11.8 Å². The second-order valence-corrected chi connectivity index (χ2v) is 7.79. The molecule has 0 unspecified atom stereocenters. The van der Waals surface area contributed by atoms with E-state index in [2.05, 4.69) is 29.1 Å². The van der Waals surface area contributed by atoms with Crippen LogP contribution in [0.2, 0.25) is 0 Å². The van der Waals surface area contributed by atoms with Gasteiger partial charge in [0, 0.05) is 18.4 Å². The van der Waals surface area contributed by atoms with Gasteiger partial charge in [0.2, 0.25) is 5.91 Å². The number of aromatic nitrogens is 3. The molecule has 0 atom stereocenters. The lowest BCUT2D eigenvalue weighted by Crippen LogP contribution is -2.24. The molecule has 0 saturated carbocycles. The third-order valence-corrected chi connectivity index (χ3v) is 5.51. The number of pyridine rings is 1. The Balaban J connectivity index is 1.82. The second-order valence-electron chi connectivity index (χ2n) is 6.85. The predicted molar refractivity (Wildman–Crippen MR) is 114 cm³/mol. The lowest BCUT2D eigenvalue weighted by Gasteiger charge is -2.16. The van der Waals surface area contributed by atoms with Crippen molar-refractivity contribution in [3.63, 3.8) is 0 Å². The van der Waals surface area contributed by atoms with E-state index in [1.807, 2.05) is 32.0 Å². The van der Waals surface area contributed by atoms with Gasteiger partial charge in [-0.3, -0.25) is 14.2 Å². The largest absolute Gasteiger partial charge is 0.325 e. The summed E-state index contributed by atoms with van der Waals surface area (Å²) in [6.45, 7) is 8.56. The van der Waals surface area contributed by atoms with Crippen molar-refractivity contribution in [1.29, 1.82) is 0 Å². The summed E-state index contributed by atoms with van der Waals surface area (Å²) in [5.74, 6) is 0.344. The Hall–Kier alpha value is -2.67. The summed E-state index contributed by atoms with van der Waals surface area (Å²) >= 11 is 1.25. The van der Waals surface area contributed by atoms with Gasteiger partial charge in [0.25, 0.3) is 5.56 Å². The molecule has 7 heteroatoms. The number of anilines is 1. The van der Waals surface area contributed by atoms with Crippen LogP contribution in [-0.2, 0) is 11.3 Å². The van der Waals surface area contributed by atoms with Crippen LogP contribution in [0.1, 0.15) is 37.8 Å². The number of nitrogens with one attached hydrogen (secondary N) is 1. The van der Waals surface area contributed by atoms with E-state index < -0.39 is 0 Å². The molecule has 28 heavy (non-hydrogen) atoms. The van der Waals surface area contributed by atoms with E-state index in [1.54, 1.807) is 22.9 Å². The van der Waals surface area contributed by atoms with E-state index in [0.29, 0.717) is 28.7 Å². The van der Waals surface area contributed by atoms with Crippen molar-refractivity contribution in [2.45, 2.75) is 45.3 Å². The fourth-order valence-corrected chi connectivity index (χ4v) is 3.92. The molecule has 3 aromatic rings. The minimum atomic E-state index is -0.135. The SMILES string of the molecule is CCn1c(SCC(=O)Nc2c(C)cccc2C(C)C)nc2ncccc2c1=O. The Bertz CT molecular complexity index is 1080. The predicted octanol–water partition coefficient (Wildman–Crippen LogP) is 3.97. The van der Waals surface area contributed by atoms with Crippen LogP contribution in [0, 0.1) is 6.92 Å². The van der Waals surface area contributed by atoms with Crippen LogP contribution in [0.5, 0.6) is 0 Å². The lowest BCUT2D eigenvalue weighted by molar-refractivity contribution is -0.113. The molecule has 0 fully saturated rings. The van der Waals surface area contributed by atoms with E-state index in [0.717, 1.165) is 16.8 Å². The minimum Gasteiger partial charge on any atom is -0.325 e. The Labute approximate surface area is 168 Å². The highest BCUT2D eigenvalue weighted by atomic mass is 32.2. The molecule has 2 heterocycles. The Morgan fingerprint density at radius 3 is 2.75 bits per heavy atom. The first-order valence-electron chi connectivity index (χ1n) is 9.30. The quantitative estimate of drug-likeness (QED) is 0.504. The fourth-order valence-electron chi connectivity index (χ4n) is 3.07. The molecule has 1 amide bonds. The molecular weight excluding hydrogens is 372 g/mol. The number of carbonyl (C=O) groups excluding carboxylic acids is 1. The standard InChI is InChI=1S/C21H24N4O2S/c1-5-25-20(27)16-10-7-11-22-19(16)24-21(25)28-12-17(26)23-18-14(4)8-6-9-15(18)13(2)3/h6-11,13H,5,12H2,1-4H3,(H,23,26). The van der Waals surface area contributed by atoms with Gasteiger partial charge in [0.05, 0.1) is 11.1 Å². The Morgan fingerprint density at radius 1 is 1.25 bits per heavy atom. The zero-order chi connectivity index (χ0) is 20.3. The average molecular weight is 397 g/mol.